The summed E-state index contributed by atoms with van der Waals surface area (Å²) in [6.07, 6.45) is 2.64. The zero-order valence-electron chi connectivity index (χ0n) is 9.82. The lowest BCUT2D eigenvalue weighted by Crippen LogP contribution is -2.40. The summed E-state index contributed by atoms with van der Waals surface area (Å²) in [5, 5.41) is 0. The second-order valence-corrected chi connectivity index (χ2v) is 5.41. The number of rotatable bonds is 5. The van der Waals surface area contributed by atoms with Crippen molar-refractivity contribution in [1.29, 1.82) is 0 Å². The van der Waals surface area contributed by atoms with Gasteiger partial charge in [0, 0.05) is 12.6 Å². The molecule has 0 aliphatic heterocycles. The van der Waals surface area contributed by atoms with Crippen LogP contribution in [0.5, 0.6) is 0 Å². The Balaban J connectivity index is 2.05. The lowest BCUT2D eigenvalue weighted by atomic mass is 10.1. The average molecular weight is 287 g/mol. The first-order valence-electron chi connectivity index (χ1n) is 5.80. The van der Waals surface area contributed by atoms with Crippen LogP contribution in [0.1, 0.15) is 31.6 Å². The molecule has 0 radical (unpaired) electrons. The van der Waals surface area contributed by atoms with Crippen LogP contribution in [0.4, 0.5) is 0 Å². The van der Waals surface area contributed by atoms with E-state index in [4.69, 9.17) is 10.2 Å². The van der Waals surface area contributed by atoms with E-state index in [1.54, 1.807) is 0 Å². The van der Waals surface area contributed by atoms with Gasteiger partial charge in [-0.1, -0.05) is 0 Å². The van der Waals surface area contributed by atoms with Crippen LogP contribution in [0.15, 0.2) is 21.2 Å². The van der Waals surface area contributed by atoms with E-state index in [0.717, 1.165) is 22.9 Å². The lowest BCUT2D eigenvalue weighted by Gasteiger charge is -2.31. The molecular formula is C12H19BrN2O. The molecule has 2 unspecified atom stereocenters. The Morgan fingerprint density at radius 1 is 1.56 bits per heavy atom. The summed E-state index contributed by atoms with van der Waals surface area (Å²) in [7, 11) is 2.14. The van der Waals surface area contributed by atoms with Crippen molar-refractivity contribution in [3.05, 3.63) is 22.6 Å². The topological polar surface area (TPSA) is 42.4 Å². The highest BCUT2D eigenvalue weighted by Crippen LogP contribution is 2.37. The number of nitrogens with two attached hydrogens (primary N) is 1. The van der Waals surface area contributed by atoms with Gasteiger partial charge in [0.1, 0.15) is 5.76 Å². The van der Waals surface area contributed by atoms with E-state index in [1.807, 2.05) is 12.1 Å². The zero-order chi connectivity index (χ0) is 11.7. The monoisotopic (exact) mass is 286 g/mol. The predicted octanol–water partition coefficient (Wildman–Crippen LogP) is 2.77. The molecule has 1 aliphatic carbocycles. The van der Waals surface area contributed by atoms with Crippen LogP contribution in [-0.2, 0) is 0 Å². The molecule has 90 valence electrons. The number of halogens is 1. The Morgan fingerprint density at radius 2 is 2.25 bits per heavy atom. The minimum Gasteiger partial charge on any atom is -0.453 e. The Morgan fingerprint density at radius 3 is 2.69 bits per heavy atom. The standard InChI is InChI=1S/C12H19BrN2O/c1-8(11-5-6-12(13)16-11)15(2)10(7-14)9-3-4-9/h5-6,8-10H,3-4,7,14H2,1-2H3. The van der Waals surface area contributed by atoms with Crippen LogP contribution < -0.4 is 5.73 Å². The van der Waals surface area contributed by atoms with Crippen LogP contribution in [0.3, 0.4) is 0 Å². The Labute approximate surface area is 105 Å². The molecule has 4 heteroatoms. The smallest absolute Gasteiger partial charge is 0.169 e. The fraction of sp³-hybridized carbons (Fsp3) is 0.667. The van der Waals surface area contributed by atoms with E-state index in [2.05, 4.69) is 34.8 Å². The molecule has 1 fully saturated rings. The van der Waals surface area contributed by atoms with Crippen molar-refractivity contribution in [3.8, 4) is 0 Å². The largest absolute Gasteiger partial charge is 0.453 e. The van der Waals surface area contributed by atoms with Crippen molar-refractivity contribution in [3.63, 3.8) is 0 Å². The Kier molecular flexibility index (Phi) is 3.72. The summed E-state index contributed by atoms with van der Waals surface area (Å²) in [4.78, 5) is 2.34. The first-order chi connectivity index (χ1) is 7.63. The number of furan rings is 1. The minimum absolute atomic E-state index is 0.278. The van der Waals surface area contributed by atoms with Gasteiger partial charge in [-0.25, -0.2) is 0 Å². The molecule has 2 rings (SSSR count). The summed E-state index contributed by atoms with van der Waals surface area (Å²) < 4.78 is 6.39. The fourth-order valence-electron chi connectivity index (χ4n) is 2.21. The predicted molar refractivity (Wildman–Crippen MR) is 68.2 cm³/mol. The Bertz CT molecular complexity index is 349. The number of hydrogen-bond acceptors (Lipinski definition) is 3. The quantitative estimate of drug-likeness (QED) is 0.905. The van der Waals surface area contributed by atoms with Gasteiger partial charge < -0.3 is 10.2 Å². The maximum atomic E-state index is 5.85. The summed E-state index contributed by atoms with van der Waals surface area (Å²) in [6, 6.07) is 4.72. The molecule has 1 saturated carbocycles. The molecule has 3 nitrogen and oxygen atoms in total. The van der Waals surface area contributed by atoms with Gasteiger partial charge in [0.25, 0.3) is 0 Å². The molecule has 1 aromatic rings. The molecule has 1 heterocycles. The number of likely N-dealkylation sites (N-methyl/N-ethyl adjacent to an activating group) is 1. The van der Waals surface area contributed by atoms with Crippen LogP contribution in [0.25, 0.3) is 0 Å². The van der Waals surface area contributed by atoms with Crippen molar-refractivity contribution >= 4 is 15.9 Å². The molecule has 0 bridgehead atoms. The van der Waals surface area contributed by atoms with Gasteiger partial charge in [0.15, 0.2) is 4.67 Å². The van der Waals surface area contributed by atoms with E-state index in [-0.39, 0.29) is 6.04 Å². The van der Waals surface area contributed by atoms with Crippen LogP contribution in [0, 0.1) is 5.92 Å². The second-order valence-electron chi connectivity index (χ2n) is 4.62. The maximum Gasteiger partial charge on any atom is 0.169 e. The SMILES string of the molecule is CC(c1ccc(Br)o1)N(C)C(CN)C1CC1. The highest BCUT2D eigenvalue weighted by atomic mass is 79.9. The van der Waals surface area contributed by atoms with Gasteiger partial charge in [-0.3, -0.25) is 4.90 Å². The minimum atomic E-state index is 0.278. The number of nitrogens with zero attached hydrogens (tertiary/aromatic N) is 1. The van der Waals surface area contributed by atoms with E-state index >= 15 is 0 Å². The van der Waals surface area contributed by atoms with Gasteiger partial charge in [0.2, 0.25) is 0 Å². The van der Waals surface area contributed by atoms with Crippen molar-refractivity contribution in [2.75, 3.05) is 13.6 Å². The number of hydrogen-bond donors (Lipinski definition) is 1. The molecule has 0 amide bonds. The summed E-state index contributed by atoms with van der Waals surface area (Å²) >= 11 is 3.34. The van der Waals surface area contributed by atoms with Crippen molar-refractivity contribution in [1.82, 2.24) is 4.90 Å². The molecular weight excluding hydrogens is 268 g/mol. The molecule has 2 atom stereocenters. The third-order valence-electron chi connectivity index (χ3n) is 3.55. The summed E-state index contributed by atoms with van der Waals surface area (Å²) in [6.45, 7) is 2.89. The molecule has 0 saturated heterocycles. The van der Waals surface area contributed by atoms with Crippen molar-refractivity contribution in [2.24, 2.45) is 11.7 Å². The lowest BCUT2D eigenvalue weighted by molar-refractivity contribution is 0.152. The van der Waals surface area contributed by atoms with Gasteiger partial charge in [0.05, 0.1) is 6.04 Å². The fourth-order valence-corrected chi connectivity index (χ4v) is 2.53. The van der Waals surface area contributed by atoms with Gasteiger partial charge in [-0.15, -0.1) is 0 Å². The van der Waals surface area contributed by atoms with Gasteiger partial charge >= 0.3 is 0 Å². The van der Waals surface area contributed by atoms with E-state index < -0.39 is 0 Å². The van der Waals surface area contributed by atoms with Crippen molar-refractivity contribution in [2.45, 2.75) is 31.8 Å². The normalized spacial score (nSPS) is 20.1. The van der Waals surface area contributed by atoms with E-state index in [0.29, 0.717) is 6.04 Å². The molecule has 16 heavy (non-hydrogen) atoms. The highest BCUT2D eigenvalue weighted by Gasteiger charge is 2.35. The first-order valence-corrected chi connectivity index (χ1v) is 6.60. The van der Waals surface area contributed by atoms with Crippen molar-refractivity contribution < 1.29 is 4.42 Å². The molecule has 2 N–H and O–H groups in total. The third-order valence-corrected chi connectivity index (χ3v) is 3.97. The molecule has 1 aliphatic rings. The van der Waals surface area contributed by atoms with Crippen LogP contribution >= 0.6 is 15.9 Å². The van der Waals surface area contributed by atoms with Crippen LogP contribution in [-0.4, -0.2) is 24.5 Å². The highest BCUT2D eigenvalue weighted by molar-refractivity contribution is 9.10. The molecule has 1 aromatic heterocycles. The van der Waals surface area contributed by atoms with E-state index in [1.165, 1.54) is 12.8 Å². The molecule has 0 spiro atoms. The Hall–Kier alpha value is -0.320. The second kappa shape index (κ2) is 4.90. The van der Waals surface area contributed by atoms with E-state index in [9.17, 15) is 0 Å². The maximum absolute atomic E-state index is 5.85. The van der Waals surface area contributed by atoms with Gasteiger partial charge in [-0.2, -0.15) is 0 Å². The molecule has 0 aromatic carbocycles. The van der Waals surface area contributed by atoms with Crippen LogP contribution in [0.2, 0.25) is 0 Å². The average Bonchev–Trinajstić information content (AvgIpc) is 3.00. The summed E-state index contributed by atoms with van der Waals surface area (Å²) in [5.41, 5.74) is 5.85. The zero-order valence-corrected chi connectivity index (χ0v) is 11.4. The van der Waals surface area contributed by atoms with Gasteiger partial charge in [-0.05, 0) is 60.8 Å². The first kappa shape index (κ1) is 12.1. The summed E-state index contributed by atoms with van der Waals surface area (Å²) in [5.74, 6) is 1.78. The third kappa shape index (κ3) is 2.50.